The SMILES string of the molecule is COc1cc2nc(CCCCCN)n(CCN(C)C)c2cc1OC. The van der Waals surface area contributed by atoms with Gasteiger partial charge in [-0.3, -0.25) is 0 Å². The number of hydrogen-bond donors (Lipinski definition) is 1. The first kappa shape index (κ1) is 18.5. The van der Waals surface area contributed by atoms with Crippen LogP contribution in [0.1, 0.15) is 25.1 Å². The molecule has 0 aliphatic heterocycles. The number of fused-ring (bicyclic) bond motifs is 1. The fourth-order valence-corrected chi connectivity index (χ4v) is 2.85. The van der Waals surface area contributed by atoms with Crippen LogP contribution >= 0.6 is 0 Å². The average molecular weight is 334 g/mol. The third-order valence-corrected chi connectivity index (χ3v) is 4.21. The van der Waals surface area contributed by atoms with Crippen molar-refractivity contribution >= 4 is 11.0 Å². The zero-order chi connectivity index (χ0) is 17.5. The van der Waals surface area contributed by atoms with Crippen molar-refractivity contribution in [3.05, 3.63) is 18.0 Å². The molecular formula is C18H30N4O2. The smallest absolute Gasteiger partial charge is 0.163 e. The molecule has 0 aliphatic rings. The van der Waals surface area contributed by atoms with Gasteiger partial charge in [-0.05, 0) is 33.5 Å². The standard InChI is InChI=1S/C18H30N4O2/c1-21(2)10-11-22-15-13-17(24-4)16(23-3)12-14(15)20-18(22)8-6-5-7-9-19/h12-13H,5-11,19H2,1-4H3. The predicted molar refractivity (Wildman–Crippen MR) is 98.0 cm³/mol. The molecule has 0 radical (unpaired) electrons. The number of methoxy groups -OCH3 is 2. The molecule has 24 heavy (non-hydrogen) atoms. The lowest BCUT2D eigenvalue weighted by molar-refractivity contribution is 0.355. The fraction of sp³-hybridized carbons (Fsp3) is 0.611. The van der Waals surface area contributed by atoms with Gasteiger partial charge >= 0.3 is 0 Å². The number of aromatic nitrogens is 2. The van der Waals surface area contributed by atoms with Gasteiger partial charge in [0.2, 0.25) is 0 Å². The van der Waals surface area contributed by atoms with E-state index < -0.39 is 0 Å². The molecule has 0 amide bonds. The van der Waals surface area contributed by atoms with Crippen LogP contribution in [-0.2, 0) is 13.0 Å². The summed E-state index contributed by atoms with van der Waals surface area (Å²) in [6.07, 6.45) is 4.28. The van der Waals surface area contributed by atoms with Crippen molar-refractivity contribution in [3.8, 4) is 11.5 Å². The van der Waals surface area contributed by atoms with Gasteiger partial charge in [0.1, 0.15) is 5.82 Å². The second kappa shape index (κ2) is 8.89. The Balaban J connectivity index is 2.36. The molecule has 6 nitrogen and oxygen atoms in total. The summed E-state index contributed by atoms with van der Waals surface area (Å²) in [4.78, 5) is 7.04. The van der Waals surface area contributed by atoms with Gasteiger partial charge in [-0.1, -0.05) is 6.42 Å². The van der Waals surface area contributed by atoms with E-state index in [1.165, 1.54) is 0 Å². The highest BCUT2D eigenvalue weighted by atomic mass is 16.5. The summed E-state index contributed by atoms with van der Waals surface area (Å²) in [5, 5.41) is 0. The lowest BCUT2D eigenvalue weighted by atomic mass is 10.2. The number of nitrogens with zero attached hydrogens (tertiary/aromatic N) is 3. The van der Waals surface area contributed by atoms with E-state index in [0.717, 1.165) is 73.7 Å². The Morgan fingerprint density at radius 2 is 1.79 bits per heavy atom. The third-order valence-electron chi connectivity index (χ3n) is 4.21. The lowest BCUT2D eigenvalue weighted by Crippen LogP contribution is -2.19. The molecule has 0 unspecified atom stereocenters. The lowest BCUT2D eigenvalue weighted by Gasteiger charge is -2.14. The molecule has 2 N–H and O–H groups in total. The number of benzene rings is 1. The second-order valence-corrected chi connectivity index (χ2v) is 6.28. The van der Waals surface area contributed by atoms with Gasteiger partial charge in [0, 0.05) is 31.6 Å². The van der Waals surface area contributed by atoms with Crippen molar-refractivity contribution < 1.29 is 9.47 Å². The molecule has 0 bridgehead atoms. The van der Waals surface area contributed by atoms with E-state index in [1.54, 1.807) is 14.2 Å². The van der Waals surface area contributed by atoms with Crippen LogP contribution < -0.4 is 15.2 Å². The monoisotopic (exact) mass is 334 g/mol. The van der Waals surface area contributed by atoms with E-state index in [-0.39, 0.29) is 0 Å². The van der Waals surface area contributed by atoms with E-state index in [4.69, 9.17) is 20.2 Å². The number of rotatable bonds is 10. The van der Waals surface area contributed by atoms with Gasteiger partial charge in [-0.15, -0.1) is 0 Å². The number of aryl methyl sites for hydroxylation is 1. The Kier molecular flexibility index (Phi) is 6.87. The first-order valence-electron chi connectivity index (χ1n) is 8.56. The van der Waals surface area contributed by atoms with Gasteiger partial charge in [0.25, 0.3) is 0 Å². The van der Waals surface area contributed by atoms with E-state index in [2.05, 4.69) is 23.6 Å². The molecule has 0 aliphatic carbocycles. The number of unbranched alkanes of at least 4 members (excludes halogenated alkanes) is 2. The Labute approximate surface area is 144 Å². The minimum Gasteiger partial charge on any atom is -0.493 e. The van der Waals surface area contributed by atoms with Crippen LogP contribution in [0.2, 0.25) is 0 Å². The average Bonchev–Trinajstić information content (AvgIpc) is 2.91. The highest BCUT2D eigenvalue weighted by Crippen LogP contribution is 2.32. The first-order valence-corrected chi connectivity index (χ1v) is 8.56. The van der Waals surface area contributed by atoms with Crippen molar-refractivity contribution in [3.63, 3.8) is 0 Å². The van der Waals surface area contributed by atoms with Crippen molar-refractivity contribution in [2.24, 2.45) is 5.73 Å². The predicted octanol–water partition coefficient (Wildman–Crippen LogP) is 2.29. The Bertz CT molecular complexity index is 652. The van der Waals surface area contributed by atoms with E-state index in [0.29, 0.717) is 0 Å². The van der Waals surface area contributed by atoms with Crippen molar-refractivity contribution in [1.29, 1.82) is 0 Å². The molecule has 1 aromatic carbocycles. The van der Waals surface area contributed by atoms with Crippen LogP contribution in [0.15, 0.2) is 12.1 Å². The van der Waals surface area contributed by atoms with Crippen molar-refractivity contribution in [2.75, 3.05) is 41.4 Å². The van der Waals surface area contributed by atoms with Gasteiger partial charge in [0.05, 0.1) is 25.3 Å². The van der Waals surface area contributed by atoms with E-state index in [1.807, 2.05) is 12.1 Å². The van der Waals surface area contributed by atoms with Crippen LogP contribution in [0, 0.1) is 0 Å². The first-order chi connectivity index (χ1) is 11.6. The minimum atomic E-state index is 0.719. The maximum Gasteiger partial charge on any atom is 0.163 e. The molecule has 2 rings (SSSR count). The summed E-state index contributed by atoms with van der Waals surface area (Å²) in [5.74, 6) is 2.59. The largest absolute Gasteiger partial charge is 0.493 e. The van der Waals surface area contributed by atoms with E-state index >= 15 is 0 Å². The summed E-state index contributed by atoms with van der Waals surface area (Å²) in [6, 6.07) is 3.99. The van der Waals surface area contributed by atoms with E-state index in [9.17, 15) is 0 Å². The van der Waals surface area contributed by atoms with Gasteiger partial charge < -0.3 is 24.7 Å². The van der Waals surface area contributed by atoms with Crippen LogP contribution in [0.5, 0.6) is 11.5 Å². The molecule has 134 valence electrons. The van der Waals surface area contributed by atoms with Crippen molar-refractivity contribution in [1.82, 2.24) is 14.5 Å². The molecule has 0 fully saturated rings. The maximum absolute atomic E-state index is 5.59. The molecular weight excluding hydrogens is 304 g/mol. The quantitative estimate of drug-likeness (QED) is 0.675. The highest BCUT2D eigenvalue weighted by Gasteiger charge is 2.15. The number of ether oxygens (including phenoxy) is 2. The molecule has 1 heterocycles. The Morgan fingerprint density at radius 3 is 2.42 bits per heavy atom. The number of nitrogens with two attached hydrogens (primary N) is 1. The van der Waals surface area contributed by atoms with Gasteiger partial charge in [0.15, 0.2) is 11.5 Å². The summed E-state index contributed by atoms with van der Waals surface area (Å²) < 4.78 is 13.2. The maximum atomic E-state index is 5.59. The molecule has 0 saturated heterocycles. The van der Waals surface area contributed by atoms with Crippen LogP contribution in [0.25, 0.3) is 11.0 Å². The zero-order valence-electron chi connectivity index (χ0n) is 15.3. The molecule has 6 heteroatoms. The molecule has 0 atom stereocenters. The van der Waals surface area contributed by atoms with Crippen molar-refractivity contribution in [2.45, 2.75) is 32.2 Å². The Morgan fingerprint density at radius 1 is 1.08 bits per heavy atom. The number of imidazole rings is 1. The minimum absolute atomic E-state index is 0.719. The number of likely N-dealkylation sites (N-methyl/N-ethyl adjacent to an activating group) is 1. The molecule has 0 saturated carbocycles. The van der Waals surface area contributed by atoms with Crippen LogP contribution in [-0.4, -0.2) is 55.9 Å². The molecule has 2 aromatic rings. The summed E-state index contributed by atoms with van der Waals surface area (Å²) >= 11 is 0. The number of hydrogen-bond acceptors (Lipinski definition) is 5. The van der Waals surface area contributed by atoms with Crippen LogP contribution in [0.3, 0.4) is 0 Å². The van der Waals surface area contributed by atoms with Gasteiger partial charge in [-0.25, -0.2) is 4.98 Å². The molecule has 1 aromatic heterocycles. The topological polar surface area (TPSA) is 65.5 Å². The highest BCUT2D eigenvalue weighted by molar-refractivity contribution is 5.80. The third kappa shape index (κ3) is 4.39. The molecule has 0 spiro atoms. The second-order valence-electron chi connectivity index (χ2n) is 6.28. The summed E-state index contributed by atoms with van der Waals surface area (Å²) in [7, 11) is 7.49. The normalized spacial score (nSPS) is 11.4. The van der Waals surface area contributed by atoms with Gasteiger partial charge in [-0.2, -0.15) is 0 Å². The summed E-state index contributed by atoms with van der Waals surface area (Å²) in [5.41, 5.74) is 7.65. The van der Waals surface area contributed by atoms with Crippen LogP contribution in [0.4, 0.5) is 0 Å². The fourth-order valence-electron chi connectivity index (χ4n) is 2.85. The Hall–Kier alpha value is -1.79. The zero-order valence-corrected chi connectivity index (χ0v) is 15.3. The summed E-state index contributed by atoms with van der Waals surface area (Å²) in [6.45, 7) is 2.63.